The first kappa shape index (κ1) is 44.9. The maximum Gasteiger partial charge on any atom is 0.490 e. The molecule has 2 unspecified atom stereocenters. The van der Waals surface area contributed by atoms with Crippen molar-refractivity contribution in [3.05, 3.63) is 230 Å². The van der Waals surface area contributed by atoms with E-state index in [0.29, 0.717) is 16.8 Å². The molecule has 10 rings (SSSR count). The second kappa shape index (κ2) is 20.9. The first-order valence-electron chi connectivity index (χ1n) is 21.1. The molecule has 2 atom stereocenters. The summed E-state index contributed by atoms with van der Waals surface area (Å²) in [5.74, 6) is -0.837. The number of carbonyl (C=O) groups excluding carboxylic acids is 2. The van der Waals surface area contributed by atoms with Crippen molar-refractivity contribution < 1.29 is 19.6 Å². The standard InChI is InChI=1S/C25H20N4O2.C20H16BrN3O2.C5H6BNO2/c30-24(28-18-10-13-26-14-11-18)22-7-3-15-29(25(22)31)23-9-8-20-19(5-1-6-21(20)23)17-4-2-12-27-16-17;21-17-5-1-3-15-14(17)6-7-18(15)24-12-2-4-16(20(24)26)19(25)23-13-8-10-22-11-9-13;8-6(9)5-2-1-3-7-4-5/h1-7,10-16,23H,8-9H2,(H,26,28,30);1-5,8-12,18H,6-7H2,(H,22,23,25);1-4,8-9H. The maximum atomic E-state index is 13.2. The number of halogens is 1. The zero-order valence-electron chi connectivity index (χ0n) is 35.3. The molecule has 0 spiro atoms. The summed E-state index contributed by atoms with van der Waals surface area (Å²) in [6.45, 7) is 0. The van der Waals surface area contributed by atoms with Gasteiger partial charge in [-0.3, -0.25) is 39.1 Å². The summed E-state index contributed by atoms with van der Waals surface area (Å²) < 4.78 is 4.41. The Labute approximate surface area is 388 Å². The van der Waals surface area contributed by atoms with Gasteiger partial charge >= 0.3 is 7.12 Å². The Morgan fingerprint density at radius 3 is 1.59 bits per heavy atom. The van der Waals surface area contributed by atoms with Crippen LogP contribution < -0.4 is 27.2 Å². The average Bonchev–Trinajstić information content (AvgIpc) is 3.99. The molecule has 4 N–H and O–H groups in total. The number of hydrogen-bond acceptors (Lipinski definition) is 10. The van der Waals surface area contributed by atoms with Crippen LogP contribution in [0.4, 0.5) is 11.4 Å². The number of anilines is 2. The number of amides is 2. The molecule has 0 saturated carbocycles. The third-order valence-corrected chi connectivity index (χ3v) is 12.1. The van der Waals surface area contributed by atoms with E-state index >= 15 is 0 Å². The maximum absolute atomic E-state index is 13.2. The minimum atomic E-state index is -1.40. The lowest BCUT2D eigenvalue weighted by molar-refractivity contribution is 0.101. The molecule has 2 aliphatic carbocycles. The molecule has 6 aromatic heterocycles. The van der Waals surface area contributed by atoms with E-state index in [9.17, 15) is 19.2 Å². The normalized spacial score (nSPS) is 14.3. The predicted molar refractivity (Wildman–Crippen MR) is 257 cm³/mol. The lowest BCUT2D eigenvalue weighted by Crippen LogP contribution is -2.31. The van der Waals surface area contributed by atoms with Crippen LogP contribution >= 0.6 is 15.9 Å². The Kier molecular flexibility index (Phi) is 14.2. The summed E-state index contributed by atoms with van der Waals surface area (Å²) in [4.78, 5) is 67.3. The van der Waals surface area contributed by atoms with Crippen molar-refractivity contribution in [3.8, 4) is 11.1 Å². The molecule has 2 aliphatic rings. The van der Waals surface area contributed by atoms with E-state index in [0.717, 1.165) is 52.4 Å². The zero-order chi connectivity index (χ0) is 46.0. The number of rotatable bonds is 8. The van der Waals surface area contributed by atoms with Crippen molar-refractivity contribution in [2.45, 2.75) is 37.8 Å². The molecule has 16 heteroatoms. The summed E-state index contributed by atoms with van der Waals surface area (Å²) in [7, 11) is -1.40. The zero-order valence-corrected chi connectivity index (χ0v) is 36.9. The van der Waals surface area contributed by atoms with Crippen molar-refractivity contribution in [1.29, 1.82) is 0 Å². The fourth-order valence-corrected chi connectivity index (χ4v) is 8.82. The molecule has 14 nitrogen and oxygen atoms in total. The number of fused-ring (bicyclic) bond motifs is 2. The Hall–Kier alpha value is -7.66. The highest BCUT2D eigenvalue weighted by Crippen LogP contribution is 2.39. The first-order valence-corrected chi connectivity index (χ1v) is 21.9. The highest BCUT2D eigenvalue weighted by molar-refractivity contribution is 9.10. The van der Waals surface area contributed by atoms with Gasteiger partial charge in [0.05, 0.1) is 12.1 Å². The molecular weight excluding hydrogens is 899 g/mol. The van der Waals surface area contributed by atoms with E-state index in [-0.39, 0.29) is 34.3 Å². The SMILES string of the molecule is O=C(Nc1ccncc1)c1cccn(C2CCc3c(-c4cccnc4)cccc32)c1=O.O=C(Nc1ccncc1)c1cccn(C2CCc3c(Br)cccc32)c1=O.OB(O)c1cccnc1. The van der Waals surface area contributed by atoms with Gasteiger partial charge in [0.2, 0.25) is 0 Å². The van der Waals surface area contributed by atoms with E-state index in [4.69, 9.17) is 10.0 Å². The van der Waals surface area contributed by atoms with Gasteiger partial charge in [-0.2, -0.15) is 0 Å². The molecule has 0 radical (unpaired) electrons. The van der Waals surface area contributed by atoms with Crippen LogP contribution in [0.25, 0.3) is 11.1 Å². The quantitative estimate of drug-likeness (QED) is 0.120. The van der Waals surface area contributed by atoms with Gasteiger partial charge in [0.1, 0.15) is 11.1 Å². The second-order valence-corrected chi connectivity index (χ2v) is 16.2. The highest BCUT2D eigenvalue weighted by Gasteiger charge is 2.29. The van der Waals surface area contributed by atoms with Crippen LogP contribution in [0.15, 0.2) is 185 Å². The lowest BCUT2D eigenvalue weighted by atomic mass is 9.82. The second-order valence-electron chi connectivity index (χ2n) is 15.3. The van der Waals surface area contributed by atoms with Crippen molar-refractivity contribution in [2.75, 3.05) is 10.6 Å². The molecule has 0 bridgehead atoms. The van der Waals surface area contributed by atoms with E-state index in [1.165, 1.54) is 17.3 Å². The van der Waals surface area contributed by atoms with Crippen molar-refractivity contribution in [2.24, 2.45) is 0 Å². The van der Waals surface area contributed by atoms with Gasteiger partial charge in [0.25, 0.3) is 22.9 Å². The monoisotopic (exact) mass is 940 g/mol. The van der Waals surface area contributed by atoms with E-state index in [2.05, 4.69) is 58.6 Å². The smallest absolute Gasteiger partial charge is 0.423 e. The fraction of sp³-hybridized carbons (Fsp3) is 0.120. The Bertz CT molecular complexity index is 3090. The molecule has 2 aromatic carbocycles. The minimum Gasteiger partial charge on any atom is -0.423 e. The molecular formula is C50H42BBrN8O6. The van der Waals surface area contributed by atoms with E-state index in [1.807, 2.05) is 42.6 Å². The van der Waals surface area contributed by atoms with Gasteiger partial charge in [-0.05, 0) is 120 Å². The van der Waals surface area contributed by atoms with Gasteiger partial charge in [-0.15, -0.1) is 0 Å². The van der Waals surface area contributed by atoms with Gasteiger partial charge in [0.15, 0.2) is 0 Å². The summed E-state index contributed by atoms with van der Waals surface area (Å²) >= 11 is 3.58. The van der Waals surface area contributed by atoms with E-state index < -0.39 is 18.9 Å². The largest absolute Gasteiger partial charge is 0.490 e. The van der Waals surface area contributed by atoms with Crippen molar-refractivity contribution >= 4 is 51.7 Å². The number of carbonyl (C=O) groups is 2. The Balaban J connectivity index is 0.000000153. The molecule has 8 aromatic rings. The van der Waals surface area contributed by atoms with Gasteiger partial charge in [0, 0.05) is 88.8 Å². The van der Waals surface area contributed by atoms with Gasteiger partial charge in [-0.25, -0.2) is 0 Å². The van der Waals surface area contributed by atoms with E-state index in [1.54, 1.807) is 119 Å². The number of hydrogen-bond donors (Lipinski definition) is 4. The third-order valence-electron chi connectivity index (χ3n) is 11.4. The molecule has 0 saturated heterocycles. The fourth-order valence-electron chi connectivity index (χ4n) is 8.24. The first-order chi connectivity index (χ1) is 32.2. The molecule has 328 valence electrons. The number of pyridine rings is 6. The number of aromatic nitrogens is 6. The number of benzene rings is 2. The van der Waals surface area contributed by atoms with Crippen LogP contribution in [-0.4, -0.2) is 58.1 Å². The van der Waals surface area contributed by atoms with Crippen molar-refractivity contribution in [3.63, 3.8) is 0 Å². The molecule has 66 heavy (non-hydrogen) atoms. The molecule has 6 heterocycles. The number of nitrogens with zero attached hydrogens (tertiary/aromatic N) is 6. The van der Waals surface area contributed by atoms with Crippen LogP contribution in [-0.2, 0) is 12.8 Å². The Morgan fingerprint density at radius 1 is 0.576 bits per heavy atom. The van der Waals surface area contributed by atoms with Crippen LogP contribution in [0.3, 0.4) is 0 Å². The van der Waals surface area contributed by atoms with Crippen LogP contribution in [0, 0.1) is 0 Å². The lowest BCUT2D eigenvalue weighted by Gasteiger charge is -2.17. The topological polar surface area (TPSA) is 194 Å². The van der Waals surface area contributed by atoms with Crippen LogP contribution in [0.2, 0.25) is 0 Å². The molecule has 2 amide bonds. The summed E-state index contributed by atoms with van der Waals surface area (Å²) in [5, 5.41) is 22.6. The molecule has 0 fully saturated rings. The van der Waals surface area contributed by atoms with Gasteiger partial charge in [-0.1, -0.05) is 58.4 Å². The molecule has 0 aliphatic heterocycles. The van der Waals surface area contributed by atoms with Gasteiger partial charge < -0.3 is 29.8 Å². The Morgan fingerprint density at radius 2 is 1.09 bits per heavy atom. The van der Waals surface area contributed by atoms with Crippen LogP contribution in [0.1, 0.15) is 67.9 Å². The third kappa shape index (κ3) is 10.2. The van der Waals surface area contributed by atoms with Crippen molar-refractivity contribution in [1.82, 2.24) is 29.1 Å². The number of nitrogens with one attached hydrogen (secondary N) is 2. The minimum absolute atomic E-state index is 0.0522. The summed E-state index contributed by atoms with van der Waals surface area (Å²) in [5.41, 5.74) is 8.23. The predicted octanol–water partition coefficient (Wildman–Crippen LogP) is 6.65. The van der Waals surface area contributed by atoms with Crippen LogP contribution in [0.5, 0.6) is 0 Å². The summed E-state index contributed by atoms with van der Waals surface area (Å²) in [6.07, 6.45) is 19.9. The average molecular weight is 942 g/mol. The summed E-state index contributed by atoms with van der Waals surface area (Å²) in [6, 6.07) is 32.7. The highest BCUT2D eigenvalue weighted by atomic mass is 79.9.